The van der Waals surface area contributed by atoms with Gasteiger partial charge in [0.1, 0.15) is 0 Å². The highest BCUT2D eigenvalue weighted by molar-refractivity contribution is 5.85. The van der Waals surface area contributed by atoms with Gasteiger partial charge in [0.2, 0.25) is 0 Å². The van der Waals surface area contributed by atoms with E-state index in [0.717, 1.165) is 25.0 Å². The third-order valence-corrected chi connectivity index (χ3v) is 4.40. The van der Waals surface area contributed by atoms with E-state index in [4.69, 9.17) is 0 Å². The van der Waals surface area contributed by atoms with Gasteiger partial charge < -0.3 is 5.32 Å². The molecule has 3 rings (SSSR count). The predicted octanol–water partition coefficient (Wildman–Crippen LogP) is 2.29. The summed E-state index contributed by atoms with van der Waals surface area (Å²) in [4.78, 5) is 2.56. The van der Waals surface area contributed by atoms with E-state index >= 15 is 0 Å². The van der Waals surface area contributed by atoms with Gasteiger partial charge in [0, 0.05) is 30.9 Å². The van der Waals surface area contributed by atoms with Crippen LogP contribution in [0.2, 0.25) is 0 Å². The van der Waals surface area contributed by atoms with Crippen LogP contribution in [0.3, 0.4) is 0 Å². The van der Waals surface area contributed by atoms with E-state index in [1.165, 1.54) is 50.9 Å². The van der Waals surface area contributed by atoms with Gasteiger partial charge in [-0.3, -0.25) is 9.58 Å². The molecule has 0 aromatic carbocycles. The summed E-state index contributed by atoms with van der Waals surface area (Å²) in [7, 11) is 0. The lowest BCUT2D eigenvalue weighted by Crippen LogP contribution is -2.42. The summed E-state index contributed by atoms with van der Waals surface area (Å²) in [6.07, 6.45) is 9.70. The number of hydrogen-bond donors (Lipinski definition) is 1. The molecule has 114 valence electrons. The van der Waals surface area contributed by atoms with Gasteiger partial charge in [-0.25, -0.2) is 0 Å². The zero-order valence-corrected chi connectivity index (χ0v) is 13.2. The Morgan fingerprint density at radius 2 is 2.00 bits per heavy atom. The van der Waals surface area contributed by atoms with Gasteiger partial charge in [0.15, 0.2) is 0 Å². The number of aromatic nitrogens is 2. The standard InChI is InChI=1S/C15H26N4.ClH/c1-2-19-12-14(10-17-19)11-18-7-5-15(6-8-18)16-9-13-3-4-13;/h10,12-13,15-16H,2-9,11H2,1H3;1H. The highest BCUT2D eigenvalue weighted by Crippen LogP contribution is 2.28. The van der Waals surface area contributed by atoms with E-state index < -0.39 is 0 Å². The first kappa shape index (κ1) is 15.8. The molecule has 0 atom stereocenters. The molecule has 1 aromatic rings. The quantitative estimate of drug-likeness (QED) is 0.875. The van der Waals surface area contributed by atoms with E-state index in [0.29, 0.717) is 0 Å². The Hall–Kier alpha value is -0.580. The average Bonchev–Trinajstić information content (AvgIpc) is 3.17. The maximum absolute atomic E-state index is 4.35. The Kier molecular flexibility index (Phi) is 5.87. The molecule has 1 aliphatic carbocycles. The van der Waals surface area contributed by atoms with Gasteiger partial charge >= 0.3 is 0 Å². The van der Waals surface area contributed by atoms with Crippen molar-refractivity contribution in [2.24, 2.45) is 5.92 Å². The number of hydrogen-bond acceptors (Lipinski definition) is 3. The second-order valence-corrected chi connectivity index (χ2v) is 6.11. The topological polar surface area (TPSA) is 33.1 Å². The fourth-order valence-corrected chi connectivity index (χ4v) is 2.87. The number of rotatable bonds is 6. The van der Waals surface area contributed by atoms with E-state index in [1.807, 2.05) is 10.9 Å². The van der Waals surface area contributed by atoms with Crippen LogP contribution < -0.4 is 5.32 Å². The molecule has 1 N–H and O–H groups in total. The molecule has 0 spiro atoms. The molecule has 2 aliphatic rings. The van der Waals surface area contributed by atoms with Crippen LogP contribution in [0.25, 0.3) is 0 Å². The van der Waals surface area contributed by atoms with E-state index in [2.05, 4.69) is 28.4 Å². The SMILES string of the molecule is CCn1cc(CN2CCC(NCC3CC3)CC2)cn1.Cl. The highest BCUT2D eigenvalue weighted by atomic mass is 35.5. The number of likely N-dealkylation sites (tertiary alicyclic amines) is 1. The summed E-state index contributed by atoms with van der Waals surface area (Å²) in [5.74, 6) is 0.998. The fourth-order valence-electron chi connectivity index (χ4n) is 2.87. The number of nitrogens with one attached hydrogen (secondary N) is 1. The molecule has 1 aliphatic heterocycles. The van der Waals surface area contributed by atoms with Crippen molar-refractivity contribution < 1.29 is 0 Å². The maximum atomic E-state index is 4.35. The fraction of sp³-hybridized carbons (Fsp3) is 0.800. The molecule has 0 unspecified atom stereocenters. The van der Waals surface area contributed by atoms with E-state index in [9.17, 15) is 0 Å². The molecular formula is C15H27ClN4. The summed E-state index contributed by atoms with van der Waals surface area (Å²) in [6, 6.07) is 0.759. The Bertz CT molecular complexity index is 394. The minimum absolute atomic E-state index is 0. The van der Waals surface area contributed by atoms with Crippen molar-refractivity contribution in [3.05, 3.63) is 18.0 Å². The van der Waals surface area contributed by atoms with E-state index in [1.54, 1.807) is 0 Å². The van der Waals surface area contributed by atoms with Crippen molar-refractivity contribution in [2.45, 2.75) is 51.7 Å². The normalized spacial score (nSPS) is 20.9. The summed E-state index contributed by atoms with van der Waals surface area (Å²) in [5, 5.41) is 8.09. The van der Waals surface area contributed by atoms with Crippen LogP contribution in [0.5, 0.6) is 0 Å². The van der Waals surface area contributed by atoms with Crippen molar-refractivity contribution in [2.75, 3.05) is 19.6 Å². The van der Waals surface area contributed by atoms with Crippen LogP contribution in [-0.2, 0) is 13.1 Å². The number of piperidine rings is 1. The highest BCUT2D eigenvalue weighted by Gasteiger charge is 2.24. The van der Waals surface area contributed by atoms with Gasteiger partial charge in [-0.05, 0) is 58.2 Å². The van der Waals surface area contributed by atoms with Crippen molar-refractivity contribution >= 4 is 12.4 Å². The second kappa shape index (κ2) is 7.43. The van der Waals surface area contributed by atoms with Crippen molar-refractivity contribution in [3.63, 3.8) is 0 Å². The Balaban J connectivity index is 0.00000147. The molecule has 4 nitrogen and oxygen atoms in total. The smallest absolute Gasteiger partial charge is 0.0534 e. The molecule has 2 heterocycles. The molecule has 0 amide bonds. The zero-order valence-electron chi connectivity index (χ0n) is 12.4. The molecule has 1 saturated carbocycles. The summed E-state index contributed by atoms with van der Waals surface area (Å²) in [6.45, 7) is 7.86. The minimum atomic E-state index is 0. The van der Waals surface area contributed by atoms with Crippen LogP contribution in [0.4, 0.5) is 0 Å². The first-order valence-electron chi connectivity index (χ1n) is 7.80. The van der Waals surface area contributed by atoms with E-state index in [-0.39, 0.29) is 12.4 Å². The van der Waals surface area contributed by atoms with Gasteiger partial charge in [0.05, 0.1) is 6.20 Å². The largest absolute Gasteiger partial charge is 0.314 e. The molecule has 0 radical (unpaired) electrons. The van der Waals surface area contributed by atoms with Gasteiger partial charge in [-0.2, -0.15) is 5.10 Å². The molecule has 5 heteroatoms. The summed E-state index contributed by atoms with van der Waals surface area (Å²) >= 11 is 0. The summed E-state index contributed by atoms with van der Waals surface area (Å²) < 4.78 is 2.01. The predicted molar refractivity (Wildman–Crippen MR) is 84.2 cm³/mol. The van der Waals surface area contributed by atoms with Crippen LogP contribution in [0.1, 0.15) is 38.2 Å². The Morgan fingerprint density at radius 1 is 1.25 bits per heavy atom. The number of nitrogens with zero attached hydrogens (tertiary/aromatic N) is 3. The lowest BCUT2D eigenvalue weighted by atomic mass is 10.0. The van der Waals surface area contributed by atoms with Crippen LogP contribution in [0.15, 0.2) is 12.4 Å². The third kappa shape index (κ3) is 4.47. The monoisotopic (exact) mass is 298 g/mol. The number of halogens is 1. The minimum Gasteiger partial charge on any atom is -0.314 e. The lowest BCUT2D eigenvalue weighted by molar-refractivity contribution is 0.190. The van der Waals surface area contributed by atoms with Gasteiger partial charge in [0.25, 0.3) is 0 Å². The Morgan fingerprint density at radius 3 is 2.60 bits per heavy atom. The maximum Gasteiger partial charge on any atom is 0.0534 e. The van der Waals surface area contributed by atoms with Gasteiger partial charge in [-0.15, -0.1) is 12.4 Å². The molecule has 1 saturated heterocycles. The number of aryl methyl sites for hydroxylation is 1. The molecule has 0 bridgehead atoms. The van der Waals surface area contributed by atoms with Crippen LogP contribution in [0, 0.1) is 5.92 Å². The van der Waals surface area contributed by atoms with Crippen LogP contribution in [-0.4, -0.2) is 40.4 Å². The molecular weight excluding hydrogens is 272 g/mol. The van der Waals surface area contributed by atoms with Crippen molar-refractivity contribution in [3.8, 4) is 0 Å². The van der Waals surface area contributed by atoms with Crippen molar-refractivity contribution in [1.82, 2.24) is 20.0 Å². The van der Waals surface area contributed by atoms with Gasteiger partial charge in [-0.1, -0.05) is 0 Å². The Labute approximate surface area is 128 Å². The third-order valence-electron chi connectivity index (χ3n) is 4.40. The molecule has 1 aromatic heterocycles. The second-order valence-electron chi connectivity index (χ2n) is 6.11. The first-order chi connectivity index (χ1) is 9.33. The average molecular weight is 299 g/mol. The van der Waals surface area contributed by atoms with Crippen LogP contribution >= 0.6 is 12.4 Å². The van der Waals surface area contributed by atoms with Crippen molar-refractivity contribution in [1.29, 1.82) is 0 Å². The molecule has 20 heavy (non-hydrogen) atoms. The summed E-state index contributed by atoms with van der Waals surface area (Å²) in [5.41, 5.74) is 1.35. The first-order valence-corrected chi connectivity index (χ1v) is 7.80. The lowest BCUT2D eigenvalue weighted by Gasteiger charge is -2.32. The zero-order chi connectivity index (χ0) is 13.1. The molecule has 2 fully saturated rings.